The van der Waals surface area contributed by atoms with Crippen molar-refractivity contribution < 1.29 is 24.2 Å². The van der Waals surface area contributed by atoms with E-state index in [1.807, 2.05) is 31.2 Å². The zero-order valence-electron chi connectivity index (χ0n) is 20.2. The van der Waals surface area contributed by atoms with E-state index in [0.29, 0.717) is 13.0 Å². The zero-order chi connectivity index (χ0) is 24.8. The molecule has 0 spiro atoms. The third-order valence-corrected chi connectivity index (χ3v) is 7.36. The Morgan fingerprint density at radius 1 is 1.00 bits per heavy atom. The van der Waals surface area contributed by atoms with Crippen LogP contribution in [0.15, 0.2) is 48.5 Å². The summed E-state index contributed by atoms with van der Waals surface area (Å²) in [7, 11) is 0. The van der Waals surface area contributed by atoms with Gasteiger partial charge in [-0.25, -0.2) is 4.79 Å². The fourth-order valence-corrected chi connectivity index (χ4v) is 5.51. The Kier molecular flexibility index (Phi) is 8.06. The van der Waals surface area contributed by atoms with Gasteiger partial charge >= 0.3 is 12.1 Å². The molecular formula is C28H34N2O5. The molecule has 0 bridgehead atoms. The molecule has 1 unspecified atom stereocenters. The van der Waals surface area contributed by atoms with E-state index in [9.17, 15) is 19.5 Å². The van der Waals surface area contributed by atoms with Gasteiger partial charge in [-0.15, -0.1) is 0 Å². The number of hydrogen-bond acceptors (Lipinski definition) is 4. The predicted octanol–water partition coefficient (Wildman–Crippen LogP) is 4.56. The number of benzene rings is 2. The van der Waals surface area contributed by atoms with Crippen LogP contribution in [0.4, 0.5) is 4.79 Å². The first-order valence-electron chi connectivity index (χ1n) is 12.6. The van der Waals surface area contributed by atoms with Crippen molar-refractivity contribution >= 4 is 18.0 Å². The minimum absolute atomic E-state index is 0.00320. The Balaban J connectivity index is 1.27. The van der Waals surface area contributed by atoms with E-state index < -0.39 is 18.0 Å². The maximum atomic E-state index is 12.7. The fourth-order valence-electron chi connectivity index (χ4n) is 5.51. The molecule has 2 amide bonds. The predicted molar refractivity (Wildman–Crippen MR) is 133 cm³/mol. The third kappa shape index (κ3) is 5.66. The smallest absolute Gasteiger partial charge is 0.407 e. The molecule has 0 radical (unpaired) electrons. The second kappa shape index (κ2) is 11.4. The van der Waals surface area contributed by atoms with Crippen molar-refractivity contribution in [2.75, 3.05) is 19.7 Å². The lowest BCUT2D eigenvalue weighted by Gasteiger charge is -2.21. The quantitative estimate of drug-likeness (QED) is 0.464. The molecule has 3 N–H and O–H groups in total. The number of ether oxygens (including phenoxy) is 1. The summed E-state index contributed by atoms with van der Waals surface area (Å²) in [5.41, 5.74) is 4.69. The monoisotopic (exact) mass is 478 g/mol. The van der Waals surface area contributed by atoms with Gasteiger partial charge in [0.1, 0.15) is 6.61 Å². The number of alkyl carbamates (subject to hydrolysis) is 1. The van der Waals surface area contributed by atoms with Crippen LogP contribution < -0.4 is 10.6 Å². The molecule has 3 atom stereocenters. The minimum Gasteiger partial charge on any atom is -0.481 e. The number of amides is 2. The van der Waals surface area contributed by atoms with Crippen LogP contribution in [-0.4, -0.2) is 42.8 Å². The van der Waals surface area contributed by atoms with Crippen LogP contribution in [0.3, 0.4) is 0 Å². The van der Waals surface area contributed by atoms with Crippen molar-refractivity contribution in [1.82, 2.24) is 10.6 Å². The number of nitrogens with one attached hydrogen (secondary N) is 2. The van der Waals surface area contributed by atoms with E-state index in [1.165, 1.54) is 11.1 Å². The Morgan fingerprint density at radius 2 is 1.66 bits per heavy atom. The molecule has 2 aromatic carbocycles. The molecular weight excluding hydrogens is 444 g/mol. The van der Waals surface area contributed by atoms with Gasteiger partial charge in [0.25, 0.3) is 0 Å². The number of fused-ring (bicyclic) bond motifs is 3. The lowest BCUT2D eigenvalue weighted by atomic mass is 9.94. The molecule has 0 heterocycles. The van der Waals surface area contributed by atoms with Crippen molar-refractivity contribution in [1.29, 1.82) is 0 Å². The maximum Gasteiger partial charge on any atom is 0.407 e. The summed E-state index contributed by atoms with van der Waals surface area (Å²) in [5, 5.41) is 15.0. The Labute approximate surface area is 206 Å². The van der Waals surface area contributed by atoms with Crippen LogP contribution in [-0.2, 0) is 14.3 Å². The molecule has 2 aromatic rings. The van der Waals surface area contributed by atoms with Crippen molar-refractivity contribution in [2.24, 2.45) is 17.8 Å². The summed E-state index contributed by atoms with van der Waals surface area (Å²) in [6.07, 6.45) is 3.31. The molecule has 7 heteroatoms. The van der Waals surface area contributed by atoms with Gasteiger partial charge in [-0.05, 0) is 47.4 Å². The second-order valence-corrected chi connectivity index (χ2v) is 9.57. The van der Waals surface area contributed by atoms with Crippen molar-refractivity contribution in [3.05, 3.63) is 59.7 Å². The van der Waals surface area contributed by atoms with Gasteiger partial charge in [0.05, 0.1) is 5.92 Å². The zero-order valence-corrected chi connectivity index (χ0v) is 20.2. The average molecular weight is 479 g/mol. The molecule has 0 aromatic heterocycles. The number of rotatable bonds is 10. The van der Waals surface area contributed by atoms with Crippen LogP contribution in [0.2, 0.25) is 0 Å². The molecule has 0 aliphatic heterocycles. The third-order valence-electron chi connectivity index (χ3n) is 7.36. The van der Waals surface area contributed by atoms with E-state index in [0.717, 1.165) is 36.8 Å². The average Bonchev–Trinajstić information content (AvgIpc) is 3.46. The molecule has 1 fully saturated rings. The van der Waals surface area contributed by atoms with Gasteiger partial charge in [-0.3, -0.25) is 9.59 Å². The van der Waals surface area contributed by atoms with Gasteiger partial charge in [0.2, 0.25) is 5.91 Å². The molecule has 0 saturated heterocycles. The summed E-state index contributed by atoms with van der Waals surface area (Å²) in [4.78, 5) is 36.6. The number of carboxylic acids is 1. The molecule has 4 rings (SSSR count). The highest BCUT2D eigenvalue weighted by Crippen LogP contribution is 2.44. The topological polar surface area (TPSA) is 105 Å². The highest BCUT2D eigenvalue weighted by Gasteiger charge is 2.34. The lowest BCUT2D eigenvalue weighted by Crippen LogP contribution is -2.40. The van der Waals surface area contributed by atoms with E-state index in [1.54, 1.807) is 0 Å². The van der Waals surface area contributed by atoms with E-state index in [-0.39, 0.29) is 36.8 Å². The summed E-state index contributed by atoms with van der Waals surface area (Å²) < 4.78 is 5.61. The summed E-state index contributed by atoms with van der Waals surface area (Å²) in [5.74, 6) is -1.77. The van der Waals surface area contributed by atoms with E-state index in [4.69, 9.17) is 4.74 Å². The first-order valence-corrected chi connectivity index (χ1v) is 12.6. The standard InChI is InChI=1S/C28H34N2O5/c1-2-8-19(27(32)33)16-29-26(31)20-14-7-9-18(20)15-30-28(34)35-17-25-23-12-5-3-10-21(23)22-11-4-6-13-24(22)25/h3-6,10-13,18-20,25H,2,7-9,14-17H2,1H3,(H,29,31)(H,30,34)(H,32,33)/t18-,19?,20-/m0/s1. The van der Waals surface area contributed by atoms with Crippen molar-refractivity contribution in [2.45, 2.75) is 44.9 Å². The van der Waals surface area contributed by atoms with Gasteiger partial charge in [0, 0.05) is 24.9 Å². The van der Waals surface area contributed by atoms with Crippen molar-refractivity contribution in [3.8, 4) is 11.1 Å². The van der Waals surface area contributed by atoms with Crippen LogP contribution in [0, 0.1) is 17.8 Å². The Bertz CT molecular complexity index is 1020. The summed E-state index contributed by atoms with van der Waals surface area (Å²) >= 11 is 0. The van der Waals surface area contributed by atoms with Crippen molar-refractivity contribution in [3.63, 3.8) is 0 Å². The SMILES string of the molecule is CCCC(CNC(=O)[C@H]1CCC[C@H]1CNC(=O)OCC1c2ccccc2-c2ccccc21)C(=O)O. The van der Waals surface area contributed by atoms with Crippen LogP contribution >= 0.6 is 0 Å². The number of hydrogen-bond donors (Lipinski definition) is 3. The molecule has 2 aliphatic rings. The van der Waals surface area contributed by atoms with Crippen LogP contribution in [0.25, 0.3) is 11.1 Å². The fraction of sp³-hybridized carbons (Fsp3) is 0.464. The maximum absolute atomic E-state index is 12.7. The number of carboxylic acid groups (broad SMARTS) is 1. The Morgan fingerprint density at radius 3 is 2.29 bits per heavy atom. The lowest BCUT2D eigenvalue weighted by molar-refractivity contribution is -0.142. The second-order valence-electron chi connectivity index (χ2n) is 9.57. The summed E-state index contributed by atoms with van der Waals surface area (Å²) in [6, 6.07) is 16.4. The first-order chi connectivity index (χ1) is 17.0. The van der Waals surface area contributed by atoms with Crippen LogP contribution in [0.1, 0.15) is 56.1 Å². The number of carbonyl (C=O) groups is 3. The van der Waals surface area contributed by atoms with Gasteiger partial charge < -0.3 is 20.5 Å². The van der Waals surface area contributed by atoms with Gasteiger partial charge in [0.15, 0.2) is 0 Å². The molecule has 1 saturated carbocycles. The highest BCUT2D eigenvalue weighted by atomic mass is 16.5. The minimum atomic E-state index is -0.882. The molecule has 7 nitrogen and oxygen atoms in total. The first kappa shape index (κ1) is 24.8. The van der Waals surface area contributed by atoms with Crippen LogP contribution in [0.5, 0.6) is 0 Å². The largest absolute Gasteiger partial charge is 0.481 e. The molecule has 35 heavy (non-hydrogen) atoms. The summed E-state index contributed by atoms with van der Waals surface area (Å²) in [6.45, 7) is 2.69. The normalized spacial score (nSPS) is 19.5. The number of carbonyl (C=O) groups excluding carboxylic acids is 2. The van der Waals surface area contributed by atoms with Gasteiger partial charge in [-0.2, -0.15) is 0 Å². The van der Waals surface area contributed by atoms with E-state index in [2.05, 4.69) is 34.9 Å². The van der Waals surface area contributed by atoms with E-state index >= 15 is 0 Å². The highest BCUT2D eigenvalue weighted by molar-refractivity contribution is 5.81. The number of aliphatic carboxylic acids is 1. The molecule has 2 aliphatic carbocycles. The Hall–Kier alpha value is -3.35. The van der Waals surface area contributed by atoms with Gasteiger partial charge in [-0.1, -0.05) is 68.3 Å². The molecule has 186 valence electrons.